The summed E-state index contributed by atoms with van der Waals surface area (Å²) in [6.45, 7) is 5.80. The van der Waals surface area contributed by atoms with Crippen molar-refractivity contribution in [2.75, 3.05) is 6.54 Å². The second-order valence-corrected chi connectivity index (χ2v) is 10.8. The zero-order valence-corrected chi connectivity index (χ0v) is 15.4. The molecule has 9 fully saturated rings. The van der Waals surface area contributed by atoms with Gasteiger partial charge in [0.1, 0.15) is 6.23 Å². The highest BCUT2D eigenvalue weighted by molar-refractivity contribution is 5.34. The van der Waals surface area contributed by atoms with E-state index in [2.05, 4.69) is 18.7 Å². The van der Waals surface area contributed by atoms with Crippen molar-refractivity contribution in [3.63, 3.8) is 0 Å². The van der Waals surface area contributed by atoms with Crippen LogP contribution in [0.3, 0.4) is 0 Å². The van der Waals surface area contributed by atoms with Crippen LogP contribution >= 0.6 is 0 Å². The van der Waals surface area contributed by atoms with Gasteiger partial charge >= 0.3 is 0 Å². The van der Waals surface area contributed by atoms with E-state index in [1.54, 1.807) is 0 Å². The highest BCUT2D eigenvalue weighted by Gasteiger charge is 2.86. The molecule has 0 aromatic rings. The first-order chi connectivity index (χ1) is 12.0. The van der Waals surface area contributed by atoms with Gasteiger partial charge in [0, 0.05) is 28.7 Å². The number of piperidine rings is 1. The number of fused-ring (bicyclic) bond motifs is 3. The van der Waals surface area contributed by atoms with Crippen molar-refractivity contribution < 1.29 is 14.9 Å². The smallest absolute Gasteiger partial charge is 0.116 e. The minimum Gasteiger partial charge on any atom is -0.392 e. The predicted molar refractivity (Wildman–Crippen MR) is 91.5 cm³/mol. The normalized spacial score (nSPS) is 71.8. The second-order valence-electron chi connectivity index (χ2n) is 10.8. The fourth-order valence-corrected chi connectivity index (χ4v) is 10.3. The van der Waals surface area contributed by atoms with E-state index in [-0.39, 0.29) is 29.1 Å². The van der Waals surface area contributed by atoms with Gasteiger partial charge in [-0.05, 0) is 62.8 Å². The number of nitrogens with zero attached hydrogens (tertiary/aromatic N) is 1. The Morgan fingerprint density at radius 2 is 2.00 bits per heavy atom. The molecule has 5 saturated carbocycles. The average molecular weight is 345 g/mol. The largest absolute Gasteiger partial charge is 0.392 e. The van der Waals surface area contributed by atoms with Crippen LogP contribution < -0.4 is 0 Å². The summed E-state index contributed by atoms with van der Waals surface area (Å²) in [5.74, 6) is 2.04. The SMILES string of the molecule is CCN1C2[C@@H]3CC4[C@@]2(C2CC[C@@]4(C)[C@@H]1O2)C1C[C@@H]2CC[C@@]3(O)C1[C@H]2O. The molecule has 5 aliphatic carbocycles. The Morgan fingerprint density at radius 1 is 1.16 bits per heavy atom. The monoisotopic (exact) mass is 345 g/mol. The summed E-state index contributed by atoms with van der Waals surface area (Å²) in [6.07, 6.45) is 7.10. The van der Waals surface area contributed by atoms with E-state index in [4.69, 9.17) is 4.74 Å². The maximum atomic E-state index is 12.0. The lowest BCUT2D eigenvalue weighted by molar-refractivity contribution is -0.390. The Bertz CT molecular complexity index is 670. The van der Waals surface area contributed by atoms with Crippen molar-refractivity contribution >= 4 is 0 Å². The van der Waals surface area contributed by atoms with Gasteiger partial charge in [-0.1, -0.05) is 13.8 Å². The second kappa shape index (κ2) is 3.99. The summed E-state index contributed by atoms with van der Waals surface area (Å²) >= 11 is 0. The first-order valence-electron chi connectivity index (χ1n) is 10.8. The maximum absolute atomic E-state index is 12.0. The summed E-state index contributed by atoms with van der Waals surface area (Å²) in [5, 5.41) is 23.1. The number of aliphatic hydroxyl groups excluding tert-OH is 1. The molecule has 2 N–H and O–H groups in total. The van der Waals surface area contributed by atoms with Crippen molar-refractivity contribution in [1.29, 1.82) is 0 Å². The fourth-order valence-electron chi connectivity index (χ4n) is 10.3. The van der Waals surface area contributed by atoms with Crippen molar-refractivity contribution in [1.82, 2.24) is 4.90 Å². The lowest BCUT2D eigenvalue weighted by Gasteiger charge is -2.75. The number of rotatable bonds is 1. The number of hydrogen-bond donors (Lipinski definition) is 2. The van der Waals surface area contributed by atoms with Crippen LogP contribution in [0.25, 0.3) is 0 Å². The molecule has 0 amide bonds. The van der Waals surface area contributed by atoms with Gasteiger partial charge in [0.25, 0.3) is 0 Å². The molecule has 9 aliphatic rings. The lowest BCUT2D eigenvalue weighted by Crippen LogP contribution is -2.82. The van der Waals surface area contributed by atoms with E-state index in [0.29, 0.717) is 35.8 Å². The zero-order chi connectivity index (χ0) is 16.9. The van der Waals surface area contributed by atoms with Crippen LogP contribution in [0.5, 0.6) is 0 Å². The third-order valence-electron chi connectivity index (χ3n) is 10.8. The maximum Gasteiger partial charge on any atom is 0.116 e. The Kier molecular flexibility index (Phi) is 2.37. The van der Waals surface area contributed by atoms with Crippen LogP contribution in [0.2, 0.25) is 0 Å². The number of hydrogen-bond acceptors (Lipinski definition) is 4. The molecular weight excluding hydrogens is 314 g/mol. The van der Waals surface area contributed by atoms with Crippen molar-refractivity contribution in [2.45, 2.75) is 82.5 Å². The molecule has 1 spiro atoms. The lowest BCUT2D eigenvalue weighted by atomic mass is 9.41. The predicted octanol–water partition coefficient (Wildman–Crippen LogP) is 1.99. The van der Waals surface area contributed by atoms with Gasteiger partial charge < -0.3 is 14.9 Å². The molecule has 9 bridgehead atoms. The number of ether oxygens (including phenoxy) is 1. The minimum absolute atomic E-state index is 0.110. The van der Waals surface area contributed by atoms with E-state index in [1.165, 1.54) is 19.3 Å². The van der Waals surface area contributed by atoms with E-state index in [9.17, 15) is 10.2 Å². The first-order valence-corrected chi connectivity index (χ1v) is 10.8. The molecule has 0 radical (unpaired) electrons. The number of aliphatic hydroxyl groups is 2. The van der Waals surface area contributed by atoms with Crippen molar-refractivity contribution in [2.24, 2.45) is 40.4 Å². The van der Waals surface area contributed by atoms with E-state index < -0.39 is 5.60 Å². The van der Waals surface area contributed by atoms with Gasteiger partial charge in [0.15, 0.2) is 0 Å². The van der Waals surface area contributed by atoms with Gasteiger partial charge in [-0.2, -0.15) is 0 Å². The molecule has 25 heavy (non-hydrogen) atoms. The van der Waals surface area contributed by atoms with Crippen LogP contribution in [0, 0.1) is 40.4 Å². The molecule has 0 aromatic heterocycles. The Hall–Kier alpha value is -0.160. The Morgan fingerprint density at radius 3 is 2.80 bits per heavy atom. The first kappa shape index (κ1) is 14.8. The molecule has 4 heterocycles. The molecule has 4 saturated heterocycles. The van der Waals surface area contributed by atoms with Crippen LogP contribution in [0.4, 0.5) is 0 Å². The van der Waals surface area contributed by atoms with Crippen molar-refractivity contribution in [3.05, 3.63) is 0 Å². The zero-order valence-electron chi connectivity index (χ0n) is 15.4. The Balaban J connectivity index is 1.52. The molecule has 9 rings (SSSR count). The molecule has 0 aromatic carbocycles. The highest BCUT2D eigenvalue weighted by atomic mass is 16.5. The van der Waals surface area contributed by atoms with Crippen LogP contribution in [0.15, 0.2) is 0 Å². The summed E-state index contributed by atoms with van der Waals surface area (Å²) in [7, 11) is 0. The quantitative estimate of drug-likeness (QED) is 0.763. The summed E-state index contributed by atoms with van der Waals surface area (Å²) in [6, 6.07) is 0.495. The van der Waals surface area contributed by atoms with Gasteiger partial charge in [-0.25, -0.2) is 0 Å². The van der Waals surface area contributed by atoms with Crippen LogP contribution in [-0.4, -0.2) is 51.7 Å². The Labute approximate surface area is 149 Å². The van der Waals surface area contributed by atoms with Crippen molar-refractivity contribution in [3.8, 4) is 0 Å². The topological polar surface area (TPSA) is 52.9 Å². The summed E-state index contributed by atoms with van der Waals surface area (Å²) in [5.41, 5.74) is -0.178. The highest BCUT2D eigenvalue weighted by Crippen LogP contribution is 2.82. The molecule has 4 aliphatic heterocycles. The van der Waals surface area contributed by atoms with Gasteiger partial charge in [0.2, 0.25) is 0 Å². The van der Waals surface area contributed by atoms with Gasteiger partial charge in [0.05, 0.1) is 17.8 Å². The van der Waals surface area contributed by atoms with E-state index in [1.807, 2.05) is 0 Å². The molecular formula is C21H31NO3. The van der Waals surface area contributed by atoms with E-state index >= 15 is 0 Å². The fraction of sp³-hybridized carbons (Fsp3) is 1.00. The summed E-state index contributed by atoms with van der Waals surface area (Å²) < 4.78 is 6.78. The molecule has 4 nitrogen and oxygen atoms in total. The summed E-state index contributed by atoms with van der Waals surface area (Å²) in [4.78, 5) is 2.66. The average Bonchev–Trinajstić information content (AvgIpc) is 3.03. The van der Waals surface area contributed by atoms with Gasteiger partial charge in [-0.15, -0.1) is 0 Å². The molecule has 12 atom stereocenters. The van der Waals surface area contributed by atoms with E-state index in [0.717, 1.165) is 25.8 Å². The third-order valence-corrected chi connectivity index (χ3v) is 10.8. The standard InChI is InChI=1S/C21H31NO3/c1-3-22-17-12-9-13-19(2)6-5-14(25-18(19)22)21(13,17)11-8-10-4-7-20(12,24)15(11)16(10)23/h10-18,23-24H,3-9H2,1-2H3/t10-,11?,12-,13?,14?,15?,16-,17?,18-,19+,20-,21+/m0/s1. The molecule has 4 heteroatoms. The van der Waals surface area contributed by atoms with Gasteiger partial charge in [-0.3, -0.25) is 4.90 Å². The van der Waals surface area contributed by atoms with Crippen LogP contribution in [-0.2, 0) is 4.74 Å². The van der Waals surface area contributed by atoms with Crippen LogP contribution in [0.1, 0.15) is 52.4 Å². The molecule has 5 unspecified atom stereocenters. The molecule has 138 valence electrons. The minimum atomic E-state index is -0.630. The third kappa shape index (κ3) is 1.19.